The van der Waals surface area contributed by atoms with E-state index >= 15 is 0 Å². The fraction of sp³-hybridized carbons (Fsp3) is 0.286. The topological polar surface area (TPSA) is 84.7 Å². The Balaban J connectivity index is 2.62. The van der Waals surface area contributed by atoms with Crippen LogP contribution in [0, 0.1) is 0 Å². The normalized spacial score (nSPS) is 10.3. The van der Waals surface area contributed by atoms with Crippen LogP contribution in [0.1, 0.15) is 12.5 Å². The van der Waals surface area contributed by atoms with E-state index in [0.717, 1.165) is 16.2 Å². The number of carbonyl (C=O) groups excluding carboxylic acids is 2. The summed E-state index contributed by atoms with van der Waals surface area (Å²) in [4.78, 5) is 24.1. The number of methoxy groups -OCH3 is 1. The zero-order chi connectivity index (χ0) is 15.0. The van der Waals surface area contributed by atoms with Crippen molar-refractivity contribution in [3.63, 3.8) is 0 Å². The average Bonchev–Trinajstić information content (AvgIpc) is 2.44. The van der Waals surface area contributed by atoms with Crippen molar-refractivity contribution in [2.24, 2.45) is 5.73 Å². The lowest BCUT2D eigenvalue weighted by molar-refractivity contribution is -0.125. The SMILES string of the molecule is COc1cccc(/C=C/NC(=O)N(CCN)C(C)=O)c1. The van der Waals surface area contributed by atoms with Gasteiger partial charge in [0.05, 0.1) is 7.11 Å². The summed E-state index contributed by atoms with van der Waals surface area (Å²) in [5.41, 5.74) is 6.22. The molecule has 0 heterocycles. The Labute approximate surface area is 118 Å². The number of urea groups is 1. The van der Waals surface area contributed by atoms with Gasteiger partial charge in [-0.15, -0.1) is 0 Å². The van der Waals surface area contributed by atoms with E-state index < -0.39 is 6.03 Å². The van der Waals surface area contributed by atoms with Crippen LogP contribution in [0.4, 0.5) is 4.79 Å². The summed E-state index contributed by atoms with van der Waals surface area (Å²) in [7, 11) is 1.59. The number of rotatable bonds is 5. The Kier molecular flexibility index (Phi) is 6.25. The number of ether oxygens (including phenoxy) is 1. The molecule has 6 heteroatoms. The predicted molar refractivity (Wildman–Crippen MR) is 77.0 cm³/mol. The summed E-state index contributed by atoms with van der Waals surface area (Å²) in [5.74, 6) is 0.384. The van der Waals surface area contributed by atoms with E-state index in [4.69, 9.17) is 10.5 Å². The molecule has 6 nitrogen and oxygen atoms in total. The Morgan fingerprint density at radius 2 is 2.20 bits per heavy atom. The minimum absolute atomic E-state index is 0.189. The second-order valence-electron chi connectivity index (χ2n) is 4.02. The molecule has 20 heavy (non-hydrogen) atoms. The first-order valence-corrected chi connectivity index (χ1v) is 6.17. The van der Waals surface area contributed by atoms with Gasteiger partial charge in [0, 0.05) is 26.2 Å². The molecule has 0 aliphatic carbocycles. The molecule has 0 bridgehead atoms. The summed E-state index contributed by atoms with van der Waals surface area (Å²) >= 11 is 0. The highest BCUT2D eigenvalue weighted by Crippen LogP contribution is 2.13. The summed E-state index contributed by atoms with van der Waals surface area (Å²) in [5, 5.41) is 2.52. The van der Waals surface area contributed by atoms with Gasteiger partial charge in [0.2, 0.25) is 5.91 Å². The molecule has 0 unspecified atom stereocenters. The zero-order valence-electron chi connectivity index (χ0n) is 11.6. The van der Waals surface area contributed by atoms with Crippen LogP contribution in [-0.4, -0.2) is 37.0 Å². The number of hydrogen-bond donors (Lipinski definition) is 2. The van der Waals surface area contributed by atoms with Gasteiger partial charge in [0.25, 0.3) is 0 Å². The monoisotopic (exact) mass is 277 g/mol. The quantitative estimate of drug-likeness (QED) is 0.846. The van der Waals surface area contributed by atoms with Crippen molar-refractivity contribution < 1.29 is 14.3 Å². The van der Waals surface area contributed by atoms with E-state index in [0.29, 0.717) is 0 Å². The fourth-order valence-corrected chi connectivity index (χ4v) is 1.56. The van der Waals surface area contributed by atoms with E-state index in [-0.39, 0.29) is 19.0 Å². The van der Waals surface area contributed by atoms with Crippen LogP contribution >= 0.6 is 0 Å². The largest absolute Gasteiger partial charge is 0.497 e. The van der Waals surface area contributed by atoms with Gasteiger partial charge in [-0.25, -0.2) is 4.79 Å². The maximum Gasteiger partial charge on any atom is 0.328 e. The number of hydrogen-bond acceptors (Lipinski definition) is 4. The highest BCUT2D eigenvalue weighted by molar-refractivity contribution is 5.93. The summed E-state index contributed by atoms with van der Waals surface area (Å²) in [6.45, 7) is 1.74. The molecule has 1 aromatic carbocycles. The molecule has 0 saturated carbocycles. The standard InChI is InChI=1S/C14H19N3O3/c1-11(18)17(9-7-15)14(19)16-8-6-12-4-3-5-13(10-12)20-2/h3-6,8,10H,7,9,15H2,1-2H3,(H,16,19)/b8-6+. The molecule has 108 valence electrons. The maximum absolute atomic E-state index is 11.8. The van der Waals surface area contributed by atoms with Gasteiger partial charge >= 0.3 is 6.03 Å². The van der Waals surface area contributed by atoms with Crippen molar-refractivity contribution in [2.75, 3.05) is 20.2 Å². The third kappa shape index (κ3) is 4.74. The molecule has 0 atom stereocenters. The summed E-state index contributed by atoms with van der Waals surface area (Å²) in [6.07, 6.45) is 3.19. The number of nitrogens with one attached hydrogen (secondary N) is 1. The molecular formula is C14H19N3O3. The number of amides is 3. The van der Waals surface area contributed by atoms with Gasteiger partial charge in [-0.05, 0) is 23.8 Å². The van der Waals surface area contributed by atoms with E-state index in [1.165, 1.54) is 13.1 Å². The lowest BCUT2D eigenvalue weighted by Gasteiger charge is -2.17. The van der Waals surface area contributed by atoms with Crippen LogP contribution in [0.3, 0.4) is 0 Å². The number of benzene rings is 1. The van der Waals surface area contributed by atoms with Crippen molar-refractivity contribution in [2.45, 2.75) is 6.92 Å². The smallest absolute Gasteiger partial charge is 0.328 e. The minimum atomic E-state index is -0.498. The highest BCUT2D eigenvalue weighted by Gasteiger charge is 2.15. The van der Waals surface area contributed by atoms with Gasteiger partial charge in [-0.3, -0.25) is 9.69 Å². The first-order chi connectivity index (χ1) is 9.58. The van der Waals surface area contributed by atoms with Crippen LogP contribution in [0.2, 0.25) is 0 Å². The summed E-state index contributed by atoms with van der Waals surface area (Å²) < 4.78 is 5.10. The molecular weight excluding hydrogens is 258 g/mol. The third-order valence-corrected chi connectivity index (χ3v) is 2.55. The third-order valence-electron chi connectivity index (χ3n) is 2.55. The number of carbonyl (C=O) groups is 2. The lowest BCUT2D eigenvalue weighted by atomic mass is 10.2. The van der Waals surface area contributed by atoms with Crippen LogP contribution in [-0.2, 0) is 4.79 Å². The molecule has 0 aliphatic rings. The van der Waals surface area contributed by atoms with Crippen molar-refractivity contribution in [3.05, 3.63) is 36.0 Å². The van der Waals surface area contributed by atoms with Crippen LogP contribution < -0.4 is 15.8 Å². The van der Waals surface area contributed by atoms with Crippen molar-refractivity contribution in [1.82, 2.24) is 10.2 Å². The fourth-order valence-electron chi connectivity index (χ4n) is 1.56. The molecule has 0 aliphatic heterocycles. The van der Waals surface area contributed by atoms with E-state index in [1.54, 1.807) is 13.2 Å². The Hall–Kier alpha value is -2.34. The van der Waals surface area contributed by atoms with Gasteiger partial charge in [0.15, 0.2) is 0 Å². The van der Waals surface area contributed by atoms with Gasteiger partial charge in [-0.2, -0.15) is 0 Å². The number of imide groups is 1. The molecule has 0 spiro atoms. The first kappa shape index (κ1) is 15.7. The lowest BCUT2D eigenvalue weighted by Crippen LogP contribution is -2.43. The number of nitrogens with two attached hydrogens (primary N) is 1. The molecule has 0 saturated heterocycles. The molecule has 1 rings (SSSR count). The van der Waals surface area contributed by atoms with Gasteiger partial charge in [-0.1, -0.05) is 12.1 Å². The molecule has 1 aromatic rings. The van der Waals surface area contributed by atoms with E-state index in [9.17, 15) is 9.59 Å². The second kappa shape index (κ2) is 7.96. The van der Waals surface area contributed by atoms with Crippen molar-refractivity contribution >= 4 is 18.0 Å². The van der Waals surface area contributed by atoms with Gasteiger partial charge in [0.1, 0.15) is 5.75 Å². The van der Waals surface area contributed by atoms with Crippen LogP contribution in [0.15, 0.2) is 30.5 Å². The molecule has 3 amide bonds. The van der Waals surface area contributed by atoms with Crippen LogP contribution in [0.25, 0.3) is 6.08 Å². The average molecular weight is 277 g/mol. The van der Waals surface area contributed by atoms with E-state index in [1.807, 2.05) is 24.3 Å². The Bertz CT molecular complexity index is 500. The van der Waals surface area contributed by atoms with E-state index in [2.05, 4.69) is 5.32 Å². The van der Waals surface area contributed by atoms with Crippen molar-refractivity contribution in [3.8, 4) is 5.75 Å². The molecule has 0 aromatic heterocycles. The molecule has 3 N–H and O–H groups in total. The first-order valence-electron chi connectivity index (χ1n) is 6.17. The predicted octanol–water partition coefficient (Wildman–Crippen LogP) is 1.18. The van der Waals surface area contributed by atoms with Crippen LogP contribution in [0.5, 0.6) is 5.75 Å². The zero-order valence-corrected chi connectivity index (χ0v) is 11.6. The Morgan fingerprint density at radius 1 is 1.45 bits per heavy atom. The van der Waals surface area contributed by atoms with Gasteiger partial charge < -0.3 is 15.8 Å². The van der Waals surface area contributed by atoms with Crippen molar-refractivity contribution in [1.29, 1.82) is 0 Å². The minimum Gasteiger partial charge on any atom is -0.497 e. The molecule has 0 fully saturated rings. The number of nitrogens with zero attached hydrogens (tertiary/aromatic N) is 1. The Morgan fingerprint density at radius 3 is 2.80 bits per heavy atom. The highest BCUT2D eigenvalue weighted by atomic mass is 16.5. The maximum atomic E-state index is 11.8. The second-order valence-corrected chi connectivity index (χ2v) is 4.02. The summed E-state index contributed by atoms with van der Waals surface area (Å²) in [6, 6.07) is 6.87. The molecule has 0 radical (unpaired) electrons.